The molecule has 1 atom stereocenters. The van der Waals surface area contributed by atoms with Gasteiger partial charge in [-0.15, -0.1) is 0 Å². The molecule has 4 nitrogen and oxygen atoms in total. The summed E-state index contributed by atoms with van der Waals surface area (Å²) < 4.78 is 0. The highest BCUT2D eigenvalue weighted by Gasteiger charge is 2.39. The number of hydrogen-bond donors (Lipinski definition) is 2. The van der Waals surface area contributed by atoms with E-state index in [1.807, 2.05) is 6.92 Å². The van der Waals surface area contributed by atoms with Crippen LogP contribution in [0, 0.1) is 0 Å². The van der Waals surface area contributed by atoms with Gasteiger partial charge in [-0.2, -0.15) is 0 Å². The highest BCUT2D eigenvalue weighted by molar-refractivity contribution is 4.89. The number of aliphatic hydroxyl groups is 1. The minimum atomic E-state index is -0.787. The maximum atomic E-state index is 10.2. The molecule has 0 amide bonds. The van der Waals surface area contributed by atoms with Crippen molar-refractivity contribution in [3.8, 4) is 0 Å². The van der Waals surface area contributed by atoms with Gasteiger partial charge in [0.1, 0.15) is 0 Å². The summed E-state index contributed by atoms with van der Waals surface area (Å²) in [7, 11) is 0. The summed E-state index contributed by atoms with van der Waals surface area (Å²) >= 11 is 0. The minimum Gasteiger partial charge on any atom is -0.363 e. The smallest absolute Gasteiger partial charge is 0.171 e. The van der Waals surface area contributed by atoms with Crippen LogP contribution in [0.1, 0.15) is 33.6 Å². The van der Waals surface area contributed by atoms with Gasteiger partial charge in [-0.3, -0.25) is 10.2 Å². The van der Waals surface area contributed by atoms with E-state index in [2.05, 4.69) is 29.0 Å². The van der Waals surface area contributed by atoms with Crippen LogP contribution in [-0.2, 0) is 0 Å². The van der Waals surface area contributed by atoms with Gasteiger partial charge < -0.3 is 10.0 Å². The molecular formula is C12H25N3O. The first-order chi connectivity index (χ1) is 7.50. The van der Waals surface area contributed by atoms with E-state index in [4.69, 9.17) is 0 Å². The monoisotopic (exact) mass is 227 g/mol. The van der Waals surface area contributed by atoms with Gasteiger partial charge in [0.25, 0.3) is 0 Å². The standard InChI is InChI=1S/C12H25N3O/c1-10(2)14-7-4-11(5-8-14)15-9-6-13-12(15,3)16/h10-11,13,16H,4-9H2,1-3H3. The SMILES string of the molecule is CC(C)N1CCC(N2CCNC2(C)O)CC1. The Bertz CT molecular complexity index is 234. The average molecular weight is 227 g/mol. The van der Waals surface area contributed by atoms with Gasteiger partial charge in [0.2, 0.25) is 0 Å². The van der Waals surface area contributed by atoms with Gasteiger partial charge in [0, 0.05) is 25.2 Å². The van der Waals surface area contributed by atoms with Crippen LogP contribution < -0.4 is 5.32 Å². The van der Waals surface area contributed by atoms with Crippen LogP contribution in [0.4, 0.5) is 0 Å². The van der Waals surface area contributed by atoms with Crippen LogP contribution >= 0.6 is 0 Å². The van der Waals surface area contributed by atoms with E-state index in [9.17, 15) is 5.11 Å². The molecule has 2 aliphatic heterocycles. The van der Waals surface area contributed by atoms with Crippen molar-refractivity contribution in [2.45, 2.75) is 51.5 Å². The predicted molar refractivity (Wildman–Crippen MR) is 65.1 cm³/mol. The molecule has 0 saturated carbocycles. The van der Waals surface area contributed by atoms with Crippen LogP contribution in [0.3, 0.4) is 0 Å². The van der Waals surface area contributed by atoms with E-state index in [0.29, 0.717) is 12.1 Å². The molecule has 0 aromatic carbocycles. The molecule has 0 spiro atoms. The third-order valence-electron chi connectivity index (χ3n) is 4.04. The number of likely N-dealkylation sites (tertiary alicyclic amines) is 1. The Hall–Kier alpha value is -0.160. The quantitative estimate of drug-likeness (QED) is 0.717. The summed E-state index contributed by atoms with van der Waals surface area (Å²) in [6.45, 7) is 10.6. The fourth-order valence-electron chi connectivity index (χ4n) is 2.98. The average Bonchev–Trinajstić information content (AvgIpc) is 2.58. The molecule has 1 unspecified atom stereocenters. The molecule has 0 aliphatic carbocycles. The van der Waals surface area contributed by atoms with Crippen molar-refractivity contribution in [3.05, 3.63) is 0 Å². The van der Waals surface area contributed by atoms with E-state index in [0.717, 1.165) is 26.2 Å². The van der Waals surface area contributed by atoms with E-state index in [1.165, 1.54) is 12.8 Å². The first-order valence-corrected chi connectivity index (χ1v) is 6.49. The largest absolute Gasteiger partial charge is 0.363 e. The number of nitrogens with zero attached hydrogens (tertiary/aromatic N) is 2. The molecule has 16 heavy (non-hydrogen) atoms. The Morgan fingerprint density at radius 2 is 1.88 bits per heavy atom. The van der Waals surface area contributed by atoms with Crippen LogP contribution in [0.2, 0.25) is 0 Å². The Kier molecular flexibility index (Phi) is 3.54. The highest BCUT2D eigenvalue weighted by Crippen LogP contribution is 2.24. The van der Waals surface area contributed by atoms with Gasteiger partial charge in [0.15, 0.2) is 5.85 Å². The second kappa shape index (κ2) is 4.61. The van der Waals surface area contributed by atoms with Gasteiger partial charge in [0.05, 0.1) is 0 Å². The molecule has 94 valence electrons. The van der Waals surface area contributed by atoms with Gasteiger partial charge in [-0.25, -0.2) is 0 Å². The van der Waals surface area contributed by atoms with Crippen molar-refractivity contribution in [2.24, 2.45) is 0 Å². The molecule has 2 rings (SSSR count). The fraction of sp³-hybridized carbons (Fsp3) is 1.00. The molecule has 2 aliphatic rings. The second-order valence-electron chi connectivity index (χ2n) is 5.50. The molecule has 2 heterocycles. The summed E-state index contributed by atoms with van der Waals surface area (Å²) in [4.78, 5) is 4.75. The summed E-state index contributed by atoms with van der Waals surface area (Å²) in [6, 6.07) is 1.19. The van der Waals surface area contributed by atoms with Crippen molar-refractivity contribution in [2.75, 3.05) is 26.2 Å². The molecule has 2 fully saturated rings. The second-order valence-corrected chi connectivity index (χ2v) is 5.50. The van der Waals surface area contributed by atoms with Crippen molar-refractivity contribution in [3.63, 3.8) is 0 Å². The van der Waals surface area contributed by atoms with Crippen LogP contribution in [-0.4, -0.2) is 59.0 Å². The van der Waals surface area contributed by atoms with E-state index < -0.39 is 5.85 Å². The molecule has 0 radical (unpaired) electrons. The molecule has 0 aromatic heterocycles. The van der Waals surface area contributed by atoms with E-state index in [-0.39, 0.29) is 0 Å². The van der Waals surface area contributed by atoms with E-state index in [1.54, 1.807) is 0 Å². The summed E-state index contributed by atoms with van der Waals surface area (Å²) in [5.74, 6) is -0.787. The normalized spacial score (nSPS) is 35.1. The topological polar surface area (TPSA) is 38.7 Å². The third-order valence-corrected chi connectivity index (χ3v) is 4.04. The lowest BCUT2D eigenvalue weighted by Crippen LogP contribution is -2.56. The number of piperidine rings is 1. The van der Waals surface area contributed by atoms with E-state index >= 15 is 0 Å². The van der Waals surface area contributed by atoms with Gasteiger partial charge in [-0.1, -0.05) is 0 Å². The maximum Gasteiger partial charge on any atom is 0.171 e. The number of nitrogens with one attached hydrogen (secondary N) is 1. The van der Waals surface area contributed by atoms with Crippen molar-refractivity contribution < 1.29 is 5.11 Å². The number of rotatable bonds is 2. The Labute approximate surface area is 98.6 Å². The molecule has 0 bridgehead atoms. The molecule has 2 N–H and O–H groups in total. The Morgan fingerprint density at radius 3 is 2.31 bits per heavy atom. The Balaban J connectivity index is 1.89. The van der Waals surface area contributed by atoms with Crippen molar-refractivity contribution >= 4 is 0 Å². The highest BCUT2D eigenvalue weighted by atomic mass is 16.3. The zero-order valence-electron chi connectivity index (χ0n) is 10.7. The van der Waals surface area contributed by atoms with Crippen molar-refractivity contribution in [1.82, 2.24) is 15.1 Å². The lowest BCUT2D eigenvalue weighted by atomic mass is 10.0. The predicted octanol–water partition coefficient (Wildman–Crippen LogP) is 0.430. The Morgan fingerprint density at radius 1 is 1.25 bits per heavy atom. The molecule has 2 saturated heterocycles. The third kappa shape index (κ3) is 2.40. The first kappa shape index (κ1) is 12.3. The fourth-order valence-corrected chi connectivity index (χ4v) is 2.98. The van der Waals surface area contributed by atoms with Gasteiger partial charge >= 0.3 is 0 Å². The zero-order chi connectivity index (χ0) is 11.8. The summed E-state index contributed by atoms with van der Waals surface area (Å²) in [6.07, 6.45) is 2.35. The molecule has 4 heteroatoms. The zero-order valence-corrected chi connectivity index (χ0v) is 10.7. The maximum absolute atomic E-state index is 10.2. The number of hydrogen-bond acceptors (Lipinski definition) is 4. The first-order valence-electron chi connectivity index (χ1n) is 6.49. The van der Waals surface area contributed by atoms with Crippen molar-refractivity contribution in [1.29, 1.82) is 0 Å². The van der Waals surface area contributed by atoms with Crippen LogP contribution in [0.15, 0.2) is 0 Å². The lowest BCUT2D eigenvalue weighted by Gasteiger charge is -2.42. The minimum absolute atomic E-state index is 0.542. The molecule has 0 aromatic rings. The lowest BCUT2D eigenvalue weighted by molar-refractivity contribution is -0.111. The van der Waals surface area contributed by atoms with Crippen LogP contribution in [0.5, 0.6) is 0 Å². The van der Waals surface area contributed by atoms with Crippen LogP contribution in [0.25, 0.3) is 0 Å². The molecular weight excluding hydrogens is 202 g/mol. The van der Waals surface area contributed by atoms with Gasteiger partial charge in [-0.05, 0) is 46.7 Å². The summed E-state index contributed by atoms with van der Waals surface area (Å²) in [5.41, 5.74) is 0. The summed E-state index contributed by atoms with van der Waals surface area (Å²) in [5, 5.41) is 13.3.